The highest BCUT2D eigenvalue weighted by molar-refractivity contribution is 5.73. The van der Waals surface area contributed by atoms with Crippen LogP contribution < -0.4 is 10.6 Å². The Labute approximate surface area is 94.0 Å². The smallest absolute Gasteiger partial charge is 0.314 e. The fourth-order valence-corrected chi connectivity index (χ4v) is 1.37. The van der Waals surface area contributed by atoms with Crippen molar-refractivity contribution in [2.45, 2.75) is 58.8 Å². The molecule has 0 bridgehead atoms. The molecule has 0 aromatic heterocycles. The van der Waals surface area contributed by atoms with Crippen LogP contribution >= 0.6 is 0 Å². The molecule has 3 nitrogen and oxygen atoms in total. The van der Waals surface area contributed by atoms with E-state index < -0.39 is 0 Å². The number of hydrogen-bond acceptors (Lipinski definition) is 1. The van der Waals surface area contributed by atoms with Gasteiger partial charge in [-0.15, -0.1) is 0 Å². The van der Waals surface area contributed by atoms with Gasteiger partial charge in [-0.1, -0.05) is 46.0 Å². The van der Waals surface area contributed by atoms with Crippen LogP contribution in [0.2, 0.25) is 0 Å². The Morgan fingerprint density at radius 3 is 1.93 bits per heavy atom. The summed E-state index contributed by atoms with van der Waals surface area (Å²) in [6.45, 7) is 5.92. The van der Waals surface area contributed by atoms with E-state index in [9.17, 15) is 4.79 Å². The number of hydrogen-bond donors (Lipinski definition) is 2. The second kappa shape index (κ2) is 11.3. The molecule has 0 rings (SSSR count). The van der Waals surface area contributed by atoms with Crippen molar-refractivity contribution < 1.29 is 4.79 Å². The highest BCUT2D eigenvalue weighted by Gasteiger charge is 1.97. The Hall–Kier alpha value is -0.730. The summed E-state index contributed by atoms with van der Waals surface area (Å²) in [6, 6.07) is -0.0149. The minimum Gasteiger partial charge on any atom is -0.338 e. The second-order valence-corrected chi connectivity index (χ2v) is 3.95. The molecule has 0 saturated heterocycles. The van der Waals surface area contributed by atoms with Gasteiger partial charge >= 0.3 is 6.03 Å². The molecule has 90 valence electrons. The molecule has 0 aliphatic carbocycles. The molecule has 3 heteroatoms. The quantitative estimate of drug-likeness (QED) is 0.569. The molecule has 0 aromatic carbocycles. The van der Waals surface area contributed by atoms with E-state index in [1.54, 1.807) is 0 Å². The molecule has 0 aliphatic heterocycles. The zero-order chi connectivity index (χ0) is 11.4. The highest BCUT2D eigenvalue weighted by Crippen LogP contribution is 2.00. The van der Waals surface area contributed by atoms with Crippen LogP contribution in [0.25, 0.3) is 0 Å². The van der Waals surface area contributed by atoms with Crippen LogP contribution in [0.1, 0.15) is 58.8 Å². The van der Waals surface area contributed by atoms with Crippen molar-refractivity contribution in [2.24, 2.45) is 0 Å². The van der Waals surface area contributed by atoms with Gasteiger partial charge in [0.15, 0.2) is 0 Å². The number of rotatable bonds is 9. The van der Waals surface area contributed by atoms with Gasteiger partial charge in [-0.2, -0.15) is 0 Å². The maximum atomic E-state index is 11.2. The topological polar surface area (TPSA) is 41.1 Å². The van der Waals surface area contributed by atoms with Crippen LogP contribution in [-0.2, 0) is 0 Å². The van der Waals surface area contributed by atoms with Gasteiger partial charge in [0.2, 0.25) is 0 Å². The van der Waals surface area contributed by atoms with Crippen LogP contribution in [0.15, 0.2) is 0 Å². The molecule has 0 unspecified atom stereocenters. The van der Waals surface area contributed by atoms with Crippen molar-refractivity contribution in [3.05, 3.63) is 0 Å². The van der Waals surface area contributed by atoms with Crippen molar-refractivity contribution in [1.82, 2.24) is 10.6 Å². The van der Waals surface area contributed by atoms with Crippen molar-refractivity contribution in [2.75, 3.05) is 13.1 Å². The zero-order valence-electron chi connectivity index (χ0n) is 10.3. The molecule has 0 atom stereocenters. The van der Waals surface area contributed by atoms with E-state index in [2.05, 4.69) is 24.5 Å². The molecular formula is C12H26N2O. The lowest BCUT2D eigenvalue weighted by Crippen LogP contribution is -2.36. The van der Waals surface area contributed by atoms with Crippen LogP contribution in [-0.4, -0.2) is 19.1 Å². The fraction of sp³-hybridized carbons (Fsp3) is 0.917. The molecule has 0 fully saturated rings. The predicted octanol–water partition coefficient (Wildman–Crippen LogP) is 3.06. The first-order chi connectivity index (χ1) is 7.31. The maximum Gasteiger partial charge on any atom is 0.314 e. The lowest BCUT2D eigenvalue weighted by molar-refractivity contribution is 0.240. The zero-order valence-corrected chi connectivity index (χ0v) is 10.3. The van der Waals surface area contributed by atoms with Crippen molar-refractivity contribution in [1.29, 1.82) is 0 Å². The number of carbonyl (C=O) groups is 1. The summed E-state index contributed by atoms with van der Waals surface area (Å²) in [6.07, 6.45) is 8.37. The van der Waals surface area contributed by atoms with Crippen LogP contribution in [0.3, 0.4) is 0 Å². The third kappa shape index (κ3) is 11.2. The normalized spacial score (nSPS) is 10.0. The molecule has 15 heavy (non-hydrogen) atoms. The van der Waals surface area contributed by atoms with Gasteiger partial charge < -0.3 is 10.6 Å². The molecule has 2 N–H and O–H groups in total. The first kappa shape index (κ1) is 14.3. The summed E-state index contributed by atoms with van der Waals surface area (Å²) in [5, 5.41) is 5.70. The summed E-state index contributed by atoms with van der Waals surface area (Å²) >= 11 is 0. The number of nitrogens with one attached hydrogen (secondary N) is 2. The van der Waals surface area contributed by atoms with Gasteiger partial charge in [0.05, 0.1) is 0 Å². The molecular weight excluding hydrogens is 188 g/mol. The Kier molecular flexibility index (Phi) is 10.8. The fourth-order valence-electron chi connectivity index (χ4n) is 1.37. The largest absolute Gasteiger partial charge is 0.338 e. The molecule has 0 aromatic rings. The second-order valence-electron chi connectivity index (χ2n) is 3.95. The number of unbranched alkanes of at least 4 members (excludes halogenated alkanes) is 5. The minimum atomic E-state index is -0.0149. The van der Waals surface area contributed by atoms with E-state index in [-0.39, 0.29) is 6.03 Å². The Bertz CT molecular complexity index is 149. The lowest BCUT2D eigenvalue weighted by Gasteiger charge is -2.06. The first-order valence-corrected chi connectivity index (χ1v) is 6.33. The van der Waals surface area contributed by atoms with Gasteiger partial charge in [0.1, 0.15) is 0 Å². The van der Waals surface area contributed by atoms with Crippen LogP contribution in [0.4, 0.5) is 4.79 Å². The summed E-state index contributed by atoms with van der Waals surface area (Å²) in [4.78, 5) is 11.2. The SMILES string of the molecule is CCCCCCCNC(=O)NCCCC. The van der Waals surface area contributed by atoms with Gasteiger partial charge in [-0.25, -0.2) is 4.79 Å². The molecule has 0 aliphatic rings. The summed E-state index contributed by atoms with van der Waals surface area (Å²) in [5.74, 6) is 0. The van der Waals surface area contributed by atoms with Crippen LogP contribution in [0, 0.1) is 0 Å². The van der Waals surface area contributed by atoms with E-state index in [0.29, 0.717) is 0 Å². The summed E-state index contributed by atoms with van der Waals surface area (Å²) in [7, 11) is 0. The Morgan fingerprint density at radius 2 is 1.33 bits per heavy atom. The van der Waals surface area contributed by atoms with Gasteiger partial charge in [0.25, 0.3) is 0 Å². The molecule has 0 heterocycles. The highest BCUT2D eigenvalue weighted by atomic mass is 16.2. The van der Waals surface area contributed by atoms with Crippen LogP contribution in [0.5, 0.6) is 0 Å². The van der Waals surface area contributed by atoms with Gasteiger partial charge in [-0.05, 0) is 12.8 Å². The number of amides is 2. The Morgan fingerprint density at radius 1 is 0.800 bits per heavy atom. The molecule has 0 radical (unpaired) electrons. The van der Waals surface area contributed by atoms with E-state index in [1.807, 2.05) is 0 Å². The average Bonchev–Trinajstić information content (AvgIpc) is 2.23. The van der Waals surface area contributed by atoms with E-state index in [1.165, 1.54) is 25.7 Å². The first-order valence-electron chi connectivity index (χ1n) is 6.33. The van der Waals surface area contributed by atoms with E-state index in [4.69, 9.17) is 0 Å². The third-order valence-corrected chi connectivity index (χ3v) is 2.38. The van der Waals surface area contributed by atoms with E-state index >= 15 is 0 Å². The van der Waals surface area contributed by atoms with Gasteiger partial charge in [-0.3, -0.25) is 0 Å². The molecule has 0 spiro atoms. The van der Waals surface area contributed by atoms with Gasteiger partial charge in [0, 0.05) is 13.1 Å². The molecule has 2 amide bonds. The van der Waals surface area contributed by atoms with E-state index in [0.717, 1.165) is 32.4 Å². The van der Waals surface area contributed by atoms with Crippen molar-refractivity contribution in [3.8, 4) is 0 Å². The molecule has 0 saturated carbocycles. The standard InChI is InChI=1S/C12H26N2O/c1-3-5-7-8-9-11-14-12(15)13-10-6-4-2/h3-11H2,1-2H3,(H2,13,14,15). The monoisotopic (exact) mass is 214 g/mol. The Balaban J connectivity index is 3.10. The summed E-state index contributed by atoms with van der Waals surface area (Å²) < 4.78 is 0. The lowest BCUT2D eigenvalue weighted by atomic mass is 10.1. The predicted molar refractivity (Wildman–Crippen MR) is 65.1 cm³/mol. The third-order valence-electron chi connectivity index (χ3n) is 2.38. The number of carbonyl (C=O) groups excluding carboxylic acids is 1. The van der Waals surface area contributed by atoms with Crippen molar-refractivity contribution in [3.63, 3.8) is 0 Å². The average molecular weight is 214 g/mol. The minimum absolute atomic E-state index is 0.0149. The maximum absolute atomic E-state index is 11.2. The van der Waals surface area contributed by atoms with Crippen molar-refractivity contribution >= 4 is 6.03 Å². The number of urea groups is 1. The summed E-state index contributed by atoms with van der Waals surface area (Å²) in [5.41, 5.74) is 0.